The molecule has 5 aliphatic heterocycles. The van der Waals surface area contributed by atoms with Crippen LogP contribution in [-0.4, -0.2) is 117 Å². The Kier molecular flexibility index (Phi) is 11.9. The molecular weight excluding hydrogens is 865 g/mol. The van der Waals surface area contributed by atoms with Gasteiger partial charge in [0.05, 0.1) is 52.2 Å². The number of piperidine rings is 1. The van der Waals surface area contributed by atoms with Gasteiger partial charge >= 0.3 is 5.97 Å². The fourth-order valence-corrected chi connectivity index (χ4v) is 12.4. The highest BCUT2D eigenvalue weighted by molar-refractivity contribution is 7.10. The summed E-state index contributed by atoms with van der Waals surface area (Å²) in [5.74, 6) is -1.16. The number of anilines is 1. The second kappa shape index (κ2) is 18.0. The Bertz CT molecular complexity index is 2700. The van der Waals surface area contributed by atoms with Crippen LogP contribution in [0.25, 0.3) is 33.4 Å². The van der Waals surface area contributed by atoms with Crippen molar-refractivity contribution >= 4 is 45.7 Å². The maximum Gasteiger partial charge on any atom is 0.324 e. The van der Waals surface area contributed by atoms with E-state index in [4.69, 9.17) is 19.4 Å². The Hall–Kier alpha value is -5.29. The van der Waals surface area contributed by atoms with E-state index in [0.29, 0.717) is 38.3 Å². The van der Waals surface area contributed by atoms with Crippen molar-refractivity contribution in [1.29, 1.82) is 0 Å². The summed E-state index contributed by atoms with van der Waals surface area (Å²) in [7, 11) is 1.76. The Balaban J connectivity index is 1.01. The van der Waals surface area contributed by atoms with Gasteiger partial charge in [-0.2, -0.15) is 0 Å². The number of thiazole rings is 1. The van der Waals surface area contributed by atoms with Gasteiger partial charge < -0.3 is 24.3 Å². The minimum Gasteiger partial charge on any atom is -0.464 e. The molecule has 15 nitrogen and oxygen atoms in total. The zero-order valence-corrected chi connectivity index (χ0v) is 39.9. The SMILES string of the molecule is CO[C@@H](C)c1ncc(N2CCN3CCCC[C@@H]3C2)cc1-c1c2c3cc(cc4c3n1CCC4)-c1csc(n1)C[C@H](NC(=O)[C@H]1C[C@@H]1c1cncnc1)C(=O)N1CCC[C@H](N1)C(=O)OCC(C)(C)C2. The third-order valence-corrected chi connectivity index (χ3v) is 16.1. The van der Waals surface area contributed by atoms with Crippen molar-refractivity contribution in [3.05, 3.63) is 75.9 Å². The highest BCUT2D eigenvalue weighted by Gasteiger charge is 2.46. The minimum atomic E-state index is -0.897. The normalized spacial score (nSPS) is 25.8. The summed E-state index contributed by atoms with van der Waals surface area (Å²) in [6.45, 7) is 12.1. The van der Waals surface area contributed by atoms with E-state index in [9.17, 15) is 14.4 Å². The Morgan fingerprint density at radius 2 is 1.88 bits per heavy atom. The molecule has 2 N–H and O–H groups in total. The van der Waals surface area contributed by atoms with Crippen LogP contribution in [0, 0.1) is 11.3 Å². The van der Waals surface area contributed by atoms with Crippen molar-refractivity contribution in [3.63, 3.8) is 0 Å². The molecule has 352 valence electrons. The first kappa shape index (κ1) is 44.2. The van der Waals surface area contributed by atoms with Crippen LogP contribution in [0.4, 0.5) is 5.69 Å². The summed E-state index contributed by atoms with van der Waals surface area (Å²) in [6, 6.07) is 5.93. The third-order valence-electron chi connectivity index (χ3n) is 15.2. The van der Waals surface area contributed by atoms with Gasteiger partial charge in [-0.3, -0.25) is 29.3 Å². The van der Waals surface area contributed by atoms with Crippen LogP contribution < -0.4 is 15.6 Å². The number of cyclic esters (lactones) is 1. The molecule has 11 rings (SSSR count). The van der Waals surface area contributed by atoms with Gasteiger partial charge in [-0.1, -0.05) is 20.3 Å². The van der Waals surface area contributed by atoms with Gasteiger partial charge in [0.1, 0.15) is 18.4 Å². The second-order valence-electron chi connectivity index (χ2n) is 20.5. The van der Waals surface area contributed by atoms with Crippen LogP contribution in [0.1, 0.15) is 105 Å². The van der Waals surface area contributed by atoms with E-state index in [1.807, 2.05) is 0 Å². The molecule has 6 aliphatic rings. The molecule has 1 aromatic carbocycles. The summed E-state index contributed by atoms with van der Waals surface area (Å²) >= 11 is 1.50. The number of esters is 1. The van der Waals surface area contributed by atoms with Crippen LogP contribution in [0.5, 0.6) is 0 Å². The van der Waals surface area contributed by atoms with Crippen molar-refractivity contribution in [2.45, 2.75) is 122 Å². The van der Waals surface area contributed by atoms with Gasteiger partial charge in [-0.05, 0) is 106 Å². The molecule has 0 radical (unpaired) electrons. The summed E-state index contributed by atoms with van der Waals surface area (Å²) in [5, 5.41) is 8.62. The average molecular weight is 927 g/mol. The van der Waals surface area contributed by atoms with E-state index in [0.717, 1.165) is 83.5 Å². The Morgan fingerprint density at radius 3 is 2.73 bits per heavy atom. The van der Waals surface area contributed by atoms with E-state index in [2.05, 4.69) is 85.6 Å². The third kappa shape index (κ3) is 8.63. The number of methoxy groups -OCH3 is 1. The van der Waals surface area contributed by atoms with E-state index < -0.39 is 17.5 Å². The number of nitrogens with zero attached hydrogens (tertiary/aromatic N) is 8. The number of hydrazine groups is 1. The van der Waals surface area contributed by atoms with Crippen LogP contribution >= 0.6 is 11.3 Å². The van der Waals surface area contributed by atoms with E-state index >= 15 is 0 Å². The lowest BCUT2D eigenvalue weighted by Gasteiger charge is -2.45. The topological polar surface area (TPSA) is 160 Å². The lowest BCUT2D eigenvalue weighted by molar-refractivity contribution is -0.155. The van der Waals surface area contributed by atoms with Crippen molar-refractivity contribution < 1.29 is 23.9 Å². The molecule has 4 fully saturated rings. The maximum absolute atomic E-state index is 14.5. The van der Waals surface area contributed by atoms with Crippen molar-refractivity contribution in [2.75, 3.05) is 51.3 Å². The first-order valence-electron chi connectivity index (χ1n) is 24.5. The summed E-state index contributed by atoms with van der Waals surface area (Å²) < 4.78 is 14.8. The molecule has 9 heterocycles. The molecule has 3 saturated heterocycles. The first-order chi connectivity index (χ1) is 32.5. The first-order valence-corrected chi connectivity index (χ1v) is 25.3. The summed E-state index contributed by atoms with van der Waals surface area (Å²) in [6.07, 6.45) is 15.2. The number of aryl methyl sites for hydroxylation is 2. The van der Waals surface area contributed by atoms with E-state index in [1.54, 1.807) is 19.5 Å². The van der Waals surface area contributed by atoms with E-state index in [1.165, 1.54) is 70.5 Å². The molecule has 67 heavy (non-hydrogen) atoms. The van der Waals surface area contributed by atoms with Gasteiger partial charge in [-0.25, -0.2) is 20.4 Å². The highest BCUT2D eigenvalue weighted by atomic mass is 32.1. The second-order valence-corrected chi connectivity index (χ2v) is 21.5. The molecule has 6 atom stereocenters. The number of pyridine rings is 1. The number of benzene rings is 1. The molecule has 2 amide bonds. The standard InChI is InChI=1S/C51H62N10O5S/c1-30(65-4)45-39(19-35(25-54-45)59-16-15-58-12-6-5-10-34(58)26-59)47-40-22-51(2,3)28-66-50(64)41-11-8-14-61(57-41)49(63)42(56-48(62)38-20-36(38)33-23-52-29-53-24-33)21-44-55-43(27-67-44)32-17-31-9-7-13-60(47)46(31)37(40)18-32/h17-19,23-25,27,29-30,34,36,38,41-42,57H,5-16,20-22,26,28H2,1-4H3,(H,56,62)/t30-,34+,36+,38-,41-,42-/m0/s1. The molecule has 0 spiro atoms. The summed E-state index contributed by atoms with van der Waals surface area (Å²) in [5.41, 5.74) is 13.5. The lowest BCUT2D eigenvalue weighted by atomic mass is 9.84. The van der Waals surface area contributed by atoms with Gasteiger partial charge in [0.2, 0.25) is 5.91 Å². The number of fused-ring (bicyclic) bond motifs is 7. The summed E-state index contributed by atoms with van der Waals surface area (Å²) in [4.78, 5) is 66.3. The number of amides is 2. The number of nitrogens with one attached hydrogen (secondary N) is 2. The average Bonchev–Trinajstić information content (AvgIpc) is 3.94. The van der Waals surface area contributed by atoms with Crippen LogP contribution in [0.15, 0.2) is 48.5 Å². The quantitative estimate of drug-likeness (QED) is 0.173. The number of rotatable bonds is 7. The molecule has 5 aromatic rings. The number of ether oxygens (including phenoxy) is 2. The monoisotopic (exact) mass is 926 g/mol. The Morgan fingerprint density at radius 1 is 1.01 bits per heavy atom. The zero-order valence-electron chi connectivity index (χ0n) is 39.1. The van der Waals surface area contributed by atoms with Gasteiger partial charge in [-0.15, -0.1) is 11.3 Å². The van der Waals surface area contributed by atoms with E-state index in [-0.39, 0.29) is 48.8 Å². The highest BCUT2D eigenvalue weighted by Crippen LogP contribution is 2.48. The fraction of sp³-hybridized carbons (Fsp3) is 0.549. The fourth-order valence-electron chi connectivity index (χ4n) is 11.5. The molecule has 16 heteroatoms. The molecule has 1 aliphatic carbocycles. The molecule has 4 aromatic heterocycles. The minimum absolute atomic E-state index is 0.00212. The van der Waals surface area contributed by atoms with Crippen molar-refractivity contribution in [3.8, 4) is 22.5 Å². The van der Waals surface area contributed by atoms with Crippen LogP contribution in [0.3, 0.4) is 0 Å². The number of carbonyl (C=O) groups is 3. The smallest absolute Gasteiger partial charge is 0.324 e. The number of piperazine rings is 1. The zero-order chi connectivity index (χ0) is 46.0. The molecule has 1 saturated carbocycles. The van der Waals surface area contributed by atoms with Crippen molar-refractivity contribution in [2.24, 2.45) is 11.3 Å². The molecule has 0 unspecified atom stereocenters. The number of carbonyl (C=O) groups excluding carboxylic acids is 3. The maximum atomic E-state index is 14.5. The van der Waals surface area contributed by atoms with Gasteiger partial charge in [0.25, 0.3) is 5.91 Å². The number of aromatic nitrogens is 5. The largest absolute Gasteiger partial charge is 0.464 e. The lowest BCUT2D eigenvalue weighted by Crippen LogP contribution is -2.60. The van der Waals surface area contributed by atoms with Crippen LogP contribution in [-0.2, 0) is 49.7 Å². The van der Waals surface area contributed by atoms with Crippen molar-refractivity contribution in [1.82, 2.24) is 45.2 Å². The number of hydrogen-bond acceptors (Lipinski definition) is 13. The van der Waals surface area contributed by atoms with Gasteiger partial charge in [0.15, 0.2) is 0 Å². The van der Waals surface area contributed by atoms with Crippen LogP contribution in [0.2, 0.25) is 0 Å². The molecular formula is C51H62N10O5S. The van der Waals surface area contributed by atoms with Gasteiger partial charge in [0, 0.05) is 97.9 Å². The Labute approximate surface area is 396 Å². The molecule has 6 bridgehead atoms. The predicted molar refractivity (Wildman–Crippen MR) is 256 cm³/mol. The number of hydrogen-bond donors (Lipinski definition) is 2. The predicted octanol–water partition coefficient (Wildman–Crippen LogP) is 6.40.